The fourth-order valence-electron chi connectivity index (χ4n) is 2.58. The number of aliphatic imine (C=N–C) groups is 1. The Balaban J connectivity index is 3.19. The summed E-state index contributed by atoms with van der Waals surface area (Å²) in [6.45, 7) is 9.35. The van der Waals surface area contributed by atoms with Gasteiger partial charge in [-0.15, -0.1) is 0 Å². The van der Waals surface area contributed by atoms with Crippen LogP contribution in [-0.2, 0) is 4.79 Å². The van der Waals surface area contributed by atoms with Gasteiger partial charge in [0, 0.05) is 11.1 Å². The number of amides is 2. The third kappa shape index (κ3) is 7.17. The Morgan fingerprint density at radius 3 is 2.46 bits per heavy atom. The highest BCUT2D eigenvalue weighted by Gasteiger charge is 2.17. The topological polar surface area (TPSA) is 105 Å². The maximum atomic E-state index is 12.9. The molecule has 2 amide bonds. The molecule has 6 nitrogen and oxygen atoms in total. The maximum Gasteiger partial charge on any atom is 0.432 e. The molecule has 7 heteroatoms. The molecule has 0 aliphatic rings. The zero-order chi connectivity index (χ0) is 21.1. The molecule has 0 saturated carbocycles. The summed E-state index contributed by atoms with van der Waals surface area (Å²) in [7, 11) is 0. The number of hydrogen-bond acceptors (Lipinski definition) is 4. The van der Waals surface area contributed by atoms with Crippen LogP contribution in [-0.4, -0.2) is 22.2 Å². The first-order valence-corrected chi connectivity index (χ1v) is 9.80. The number of rotatable bonds is 8. The molecule has 0 fully saturated rings. The molecule has 0 spiro atoms. The van der Waals surface area contributed by atoms with E-state index in [1.807, 2.05) is 30.3 Å². The Morgan fingerprint density at radius 1 is 1.36 bits per heavy atom. The van der Waals surface area contributed by atoms with Crippen LogP contribution < -0.4 is 10.5 Å². The van der Waals surface area contributed by atoms with Crippen LogP contribution >= 0.6 is 11.9 Å². The SMILES string of the molecule is C=C(C)/C(=C\C(=C/C)C(=O)N[C@H](CCC)c1ccccc1)C(=NC(=O)O)SN. The molecule has 0 aliphatic heterocycles. The van der Waals surface area contributed by atoms with Crippen LogP contribution in [0, 0.1) is 0 Å². The Morgan fingerprint density at radius 2 is 2.00 bits per heavy atom. The van der Waals surface area contributed by atoms with Crippen molar-refractivity contribution in [1.29, 1.82) is 0 Å². The van der Waals surface area contributed by atoms with Gasteiger partial charge in [-0.3, -0.25) is 9.93 Å². The molecule has 150 valence electrons. The van der Waals surface area contributed by atoms with E-state index in [0.29, 0.717) is 28.7 Å². The zero-order valence-electron chi connectivity index (χ0n) is 16.4. The van der Waals surface area contributed by atoms with Gasteiger partial charge in [0.2, 0.25) is 0 Å². The number of nitrogens with one attached hydrogen (secondary N) is 1. The average molecular weight is 402 g/mol. The molecule has 0 heterocycles. The summed E-state index contributed by atoms with van der Waals surface area (Å²) in [5.41, 5.74) is 2.37. The van der Waals surface area contributed by atoms with Gasteiger partial charge in [0.15, 0.2) is 0 Å². The number of nitrogens with zero attached hydrogens (tertiary/aromatic N) is 1. The number of carboxylic acid groups (broad SMARTS) is 1. The lowest BCUT2D eigenvalue weighted by molar-refractivity contribution is -0.118. The first-order valence-electron chi connectivity index (χ1n) is 8.92. The van der Waals surface area contributed by atoms with Crippen LogP contribution in [0.1, 0.15) is 45.2 Å². The van der Waals surface area contributed by atoms with Gasteiger partial charge in [-0.1, -0.05) is 56.3 Å². The first kappa shape index (κ1) is 23.4. The molecule has 4 N–H and O–H groups in total. The van der Waals surface area contributed by atoms with Crippen molar-refractivity contribution in [2.45, 2.75) is 39.7 Å². The van der Waals surface area contributed by atoms with Gasteiger partial charge in [0.1, 0.15) is 5.04 Å². The lowest BCUT2D eigenvalue weighted by Crippen LogP contribution is -2.29. The van der Waals surface area contributed by atoms with Gasteiger partial charge in [0.05, 0.1) is 6.04 Å². The summed E-state index contributed by atoms with van der Waals surface area (Å²) in [5, 5.41) is 17.6. The van der Waals surface area contributed by atoms with Crippen molar-refractivity contribution >= 4 is 29.0 Å². The highest BCUT2D eigenvalue weighted by atomic mass is 32.2. The molecule has 0 saturated heterocycles. The fraction of sp³-hybridized carbons (Fsp3) is 0.286. The second kappa shape index (κ2) is 11.9. The minimum absolute atomic E-state index is 0.0836. The van der Waals surface area contributed by atoms with Gasteiger partial charge < -0.3 is 10.4 Å². The molecule has 28 heavy (non-hydrogen) atoms. The minimum Gasteiger partial charge on any atom is -0.463 e. The minimum atomic E-state index is -1.36. The van der Waals surface area contributed by atoms with Crippen molar-refractivity contribution in [2.24, 2.45) is 10.1 Å². The second-order valence-corrected chi connectivity index (χ2v) is 6.75. The van der Waals surface area contributed by atoms with E-state index >= 15 is 0 Å². The molecule has 0 aromatic heterocycles. The number of carbonyl (C=O) groups is 2. The van der Waals surface area contributed by atoms with Crippen molar-refractivity contribution in [3.63, 3.8) is 0 Å². The number of benzene rings is 1. The van der Waals surface area contributed by atoms with E-state index in [9.17, 15) is 9.59 Å². The summed E-state index contributed by atoms with van der Waals surface area (Å²) >= 11 is 0.699. The Labute approximate surface area is 170 Å². The molecular weight excluding hydrogens is 374 g/mol. The Bertz CT molecular complexity index is 798. The van der Waals surface area contributed by atoms with Gasteiger partial charge in [-0.05, 0) is 49.4 Å². The third-order valence-electron chi connectivity index (χ3n) is 3.96. The smallest absolute Gasteiger partial charge is 0.432 e. The Kier molecular flexibility index (Phi) is 9.98. The van der Waals surface area contributed by atoms with Crippen LogP contribution in [0.4, 0.5) is 4.79 Å². The summed E-state index contributed by atoms with van der Waals surface area (Å²) < 4.78 is 0. The van der Waals surface area contributed by atoms with Crippen LogP contribution in [0.3, 0.4) is 0 Å². The molecule has 1 aromatic rings. The van der Waals surface area contributed by atoms with E-state index in [1.54, 1.807) is 26.0 Å². The van der Waals surface area contributed by atoms with E-state index in [4.69, 9.17) is 10.2 Å². The number of carbonyl (C=O) groups excluding carboxylic acids is 1. The van der Waals surface area contributed by atoms with E-state index in [2.05, 4.69) is 23.8 Å². The lowest BCUT2D eigenvalue weighted by Gasteiger charge is -2.19. The molecule has 1 rings (SSSR count). The van der Waals surface area contributed by atoms with Crippen molar-refractivity contribution in [3.05, 3.63) is 71.3 Å². The predicted octanol–water partition coefficient (Wildman–Crippen LogP) is 4.78. The van der Waals surface area contributed by atoms with E-state index in [0.717, 1.165) is 18.4 Å². The number of allylic oxidation sites excluding steroid dienone is 2. The normalized spacial score (nSPS) is 13.8. The number of hydrogen-bond donors (Lipinski definition) is 3. The summed E-state index contributed by atoms with van der Waals surface area (Å²) in [6, 6.07) is 9.65. The van der Waals surface area contributed by atoms with Crippen LogP contribution in [0.2, 0.25) is 0 Å². The van der Waals surface area contributed by atoms with Crippen molar-refractivity contribution in [3.8, 4) is 0 Å². The van der Waals surface area contributed by atoms with Gasteiger partial charge in [-0.25, -0.2) is 4.79 Å². The second-order valence-electron chi connectivity index (χ2n) is 6.13. The highest BCUT2D eigenvalue weighted by Crippen LogP contribution is 2.21. The fourth-order valence-corrected chi connectivity index (χ4v) is 3.07. The molecule has 0 radical (unpaired) electrons. The molecule has 0 unspecified atom stereocenters. The predicted molar refractivity (Wildman–Crippen MR) is 116 cm³/mol. The van der Waals surface area contributed by atoms with Gasteiger partial charge in [0.25, 0.3) is 5.91 Å². The molecule has 0 bridgehead atoms. The van der Waals surface area contributed by atoms with Crippen molar-refractivity contribution in [1.82, 2.24) is 5.32 Å². The molecule has 0 aliphatic carbocycles. The molecular formula is C21H27N3O3S. The first-order chi connectivity index (χ1) is 13.3. The average Bonchev–Trinajstić information content (AvgIpc) is 2.67. The Hall–Kier alpha value is -2.64. The third-order valence-corrected chi connectivity index (χ3v) is 4.49. The standard InChI is InChI=1S/C21H27N3O3S/c1-5-10-18(16-11-8-7-9-12-16)23-19(25)15(6-2)13-17(14(3)4)20(28-22)24-21(26)27/h6-9,11-13,18H,3,5,10,22H2,1-2,4H3,(H,23,25)(H,26,27)/b15-6+,17-13+,24-20?/t18-/m1/s1. The monoisotopic (exact) mass is 401 g/mol. The van der Waals surface area contributed by atoms with Gasteiger partial charge in [-0.2, -0.15) is 4.99 Å². The summed E-state index contributed by atoms with van der Waals surface area (Å²) in [4.78, 5) is 27.3. The zero-order valence-corrected chi connectivity index (χ0v) is 17.3. The lowest BCUT2D eigenvalue weighted by atomic mass is 10.0. The maximum absolute atomic E-state index is 12.9. The highest BCUT2D eigenvalue weighted by molar-refractivity contribution is 8.12. The quantitative estimate of drug-likeness (QED) is 0.191. The van der Waals surface area contributed by atoms with E-state index in [-0.39, 0.29) is 17.0 Å². The number of nitrogens with two attached hydrogens (primary N) is 1. The van der Waals surface area contributed by atoms with E-state index in [1.165, 1.54) is 0 Å². The summed E-state index contributed by atoms with van der Waals surface area (Å²) in [6.07, 6.45) is 3.57. The molecule has 1 aromatic carbocycles. The van der Waals surface area contributed by atoms with Crippen LogP contribution in [0.15, 0.2) is 70.8 Å². The van der Waals surface area contributed by atoms with Crippen molar-refractivity contribution in [2.75, 3.05) is 0 Å². The largest absolute Gasteiger partial charge is 0.463 e. The van der Waals surface area contributed by atoms with Crippen LogP contribution in [0.5, 0.6) is 0 Å². The van der Waals surface area contributed by atoms with Crippen LogP contribution in [0.25, 0.3) is 0 Å². The van der Waals surface area contributed by atoms with Crippen molar-refractivity contribution < 1.29 is 14.7 Å². The summed E-state index contributed by atoms with van der Waals surface area (Å²) in [5.74, 6) is -0.264. The van der Waals surface area contributed by atoms with Gasteiger partial charge >= 0.3 is 6.09 Å². The molecule has 1 atom stereocenters. The van der Waals surface area contributed by atoms with E-state index < -0.39 is 6.09 Å².